The third-order valence-electron chi connectivity index (χ3n) is 14.2. The Morgan fingerprint density at radius 3 is 1.77 bits per heavy atom. The maximum absolute atomic E-state index is 3.96. The van der Waals surface area contributed by atoms with E-state index in [0.29, 0.717) is 0 Å². The van der Waals surface area contributed by atoms with Crippen molar-refractivity contribution >= 4 is 65.5 Å². The highest BCUT2D eigenvalue weighted by Gasteiger charge is 2.35. The fraction of sp³-hybridized carbons (Fsp3) is 0.0476. The number of rotatable bonds is 6. The molecule has 12 aromatic rings. The van der Waals surface area contributed by atoms with E-state index in [9.17, 15) is 0 Å². The van der Waals surface area contributed by atoms with Gasteiger partial charge in [-0.25, -0.2) is 0 Å². The molecule has 0 saturated carbocycles. The molecule has 0 amide bonds. The van der Waals surface area contributed by atoms with Crippen molar-refractivity contribution in [3.05, 3.63) is 236 Å². The first-order valence-corrected chi connectivity index (χ1v) is 22.7. The topological polar surface area (TPSA) is 17.0 Å². The van der Waals surface area contributed by atoms with Gasteiger partial charge in [0.2, 0.25) is 0 Å². The highest BCUT2D eigenvalue weighted by atomic mass is 15.0. The minimum absolute atomic E-state index is 0.0977. The van der Waals surface area contributed by atoms with Crippen LogP contribution < -0.4 is 5.32 Å². The number of para-hydroxylation sites is 2. The average molecular weight is 829 g/mol. The average Bonchev–Trinajstić information content (AvgIpc) is 3.83. The number of hydrogen-bond acceptors (Lipinski definition) is 1. The van der Waals surface area contributed by atoms with Crippen molar-refractivity contribution < 1.29 is 0 Å². The summed E-state index contributed by atoms with van der Waals surface area (Å²) in [4.78, 5) is 0. The smallest absolute Gasteiger partial charge is 0.0626 e. The predicted molar refractivity (Wildman–Crippen MR) is 277 cm³/mol. The molecular weight excluding hydrogens is 785 g/mol. The molecule has 1 aliphatic carbocycles. The summed E-state index contributed by atoms with van der Waals surface area (Å²) in [6.07, 6.45) is 0. The molecule has 0 aliphatic heterocycles. The SMILES string of the molecule is CC1(C)c2ccccc2-c2ccc(Nc3ccc(-c4cc5c6ccccc6c6c(c7ccccc7n6-c6ccccc6)c5c5ccccc45)cc3-c3ccccc3-c3ccccc3)cc21. The zero-order chi connectivity index (χ0) is 43.2. The van der Waals surface area contributed by atoms with Crippen molar-refractivity contribution in [1.29, 1.82) is 0 Å². The number of fused-ring (bicyclic) bond motifs is 13. The summed E-state index contributed by atoms with van der Waals surface area (Å²) in [6.45, 7) is 4.70. The molecule has 306 valence electrons. The van der Waals surface area contributed by atoms with Crippen molar-refractivity contribution in [3.63, 3.8) is 0 Å². The molecule has 13 rings (SSSR count). The largest absolute Gasteiger partial charge is 0.355 e. The Hall–Kier alpha value is -8.20. The first kappa shape index (κ1) is 37.4. The monoisotopic (exact) mass is 828 g/mol. The highest BCUT2D eigenvalue weighted by molar-refractivity contribution is 6.38. The van der Waals surface area contributed by atoms with Crippen molar-refractivity contribution in [3.8, 4) is 50.2 Å². The summed E-state index contributed by atoms with van der Waals surface area (Å²) in [5.74, 6) is 0. The number of benzene rings is 11. The molecule has 1 N–H and O–H groups in total. The van der Waals surface area contributed by atoms with Crippen LogP contribution in [0.5, 0.6) is 0 Å². The third kappa shape index (κ3) is 5.67. The van der Waals surface area contributed by atoms with E-state index in [2.05, 4.69) is 248 Å². The highest BCUT2D eigenvalue weighted by Crippen LogP contribution is 2.51. The third-order valence-corrected chi connectivity index (χ3v) is 14.2. The minimum Gasteiger partial charge on any atom is -0.355 e. The Balaban J connectivity index is 1.07. The summed E-state index contributed by atoms with van der Waals surface area (Å²) in [5, 5.41) is 14.0. The lowest BCUT2D eigenvalue weighted by atomic mass is 9.82. The van der Waals surface area contributed by atoms with E-state index >= 15 is 0 Å². The summed E-state index contributed by atoms with van der Waals surface area (Å²) in [6, 6.07) is 82.7. The van der Waals surface area contributed by atoms with Gasteiger partial charge in [-0.05, 0) is 120 Å². The quantitative estimate of drug-likeness (QED) is 0.165. The van der Waals surface area contributed by atoms with Crippen molar-refractivity contribution in [2.24, 2.45) is 0 Å². The second-order valence-corrected chi connectivity index (χ2v) is 18.1. The zero-order valence-electron chi connectivity index (χ0n) is 36.3. The summed E-state index contributed by atoms with van der Waals surface area (Å²) < 4.78 is 2.47. The molecule has 1 heterocycles. The molecule has 0 unspecified atom stereocenters. The van der Waals surface area contributed by atoms with E-state index in [1.165, 1.54) is 104 Å². The van der Waals surface area contributed by atoms with Crippen LogP contribution in [-0.4, -0.2) is 4.57 Å². The first-order valence-electron chi connectivity index (χ1n) is 22.7. The summed E-state index contributed by atoms with van der Waals surface area (Å²) in [7, 11) is 0. The van der Waals surface area contributed by atoms with Crippen LogP contribution in [-0.2, 0) is 5.41 Å². The molecule has 0 bridgehead atoms. The van der Waals surface area contributed by atoms with E-state index in [1.807, 2.05) is 0 Å². The normalized spacial score (nSPS) is 12.9. The van der Waals surface area contributed by atoms with Crippen LogP contribution in [0, 0.1) is 0 Å². The maximum Gasteiger partial charge on any atom is 0.0626 e. The van der Waals surface area contributed by atoms with Gasteiger partial charge < -0.3 is 9.88 Å². The molecule has 2 heteroatoms. The van der Waals surface area contributed by atoms with Gasteiger partial charge >= 0.3 is 0 Å². The lowest BCUT2D eigenvalue weighted by Crippen LogP contribution is -2.15. The van der Waals surface area contributed by atoms with E-state index in [0.717, 1.165) is 22.6 Å². The molecule has 1 aromatic heterocycles. The number of anilines is 2. The molecule has 0 radical (unpaired) electrons. The van der Waals surface area contributed by atoms with E-state index in [1.54, 1.807) is 0 Å². The Kier molecular flexibility index (Phi) is 8.29. The van der Waals surface area contributed by atoms with Gasteiger partial charge in [-0.3, -0.25) is 0 Å². The van der Waals surface area contributed by atoms with Gasteiger partial charge in [0.15, 0.2) is 0 Å². The van der Waals surface area contributed by atoms with E-state index in [4.69, 9.17) is 0 Å². The number of aromatic nitrogens is 1. The molecule has 0 saturated heterocycles. The molecular formula is C63H44N2. The molecule has 11 aromatic carbocycles. The molecule has 1 aliphatic rings. The number of hydrogen-bond donors (Lipinski definition) is 1. The van der Waals surface area contributed by atoms with Gasteiger partial charge in [0.1, 0.15) is 0 Å². The molecule has 2 nitrogen and oxygen atoms in total. The van der Waals surface area contributed by atoms with Gasteiger partial charge in [0.05, 0.1) is 11.0 Å². The molecule has 65 heavy (non-hydrogen) atoms. The molecule has 0 spiro atoms. The Morgan fingerprint density at radius 2 is 0.969 bits per heavy atom. The van der Waals surface area contributed by atoms with Crippen LogP contribution in [0.3, 0.4) is 0 Å². The number of nitrogens with zero attached hydrogens (tertiary/aromatic N) is 1. The van der Waals surface area contributed by atoms with Crippen LogP contribution in [0.4, 0.5) is 11.4 Å². The number of nitrogens with one attached hydrogen (secondary N) is 1. The second kappa shape index (κ2) is 14.4. The van der Waals surface area contributed by atoms with E-state index in [-0.39, 0.29) is 5.41 Å². The molecule has 0 atom stereocenters. The Morgan fingerprint density at radius 1 is 0.354 bits per heavy atom. The fourth-order valence-corrected chi connectivity index (χ4v) is 11.2. The van der Waals surface area contributed by atoms with Crippen LogP contribution in [0.15, 0.2) is 224 Å². The minimum atomic E-state index is -0.0977. The molecule has 0 fully saturated rings. The summed E-state index contributed by atoms with van der Waals surface area (Å²) in [5.41, 5.74) is 18.2. The fourth-order valence-electron chi connectivity index (χ4n) is 11.2. The van der Waals surface area contributed by atoms with Crippen LogP contribution in [0.2, 0.25) is 0 Å². The Bertz CT molecular complexity index is 3870. The summed E-state index contributed by atoms with van der Waals surface area (Å²) >= 11 is 0. The lowest BCUT2D eigenvalue weighted by Gasteiger charge is -2.23. The van der Waals surface area contributed by atoms with Crippen LogP contribution >= 0.6 is 0 Å². The lowest BCUT2D eigenvalue weighted by molar-refractivity contribution is 0.660. The standard InChI is InChI=1S/C63H44N2/c1-63(2)56-31-17-15-27-48(56)49-35-34-42(38-57(49)63)64-58-36-33-41(37-54(58)45-24-10-9-23-44(45)40-19-5-3-6-20-40)53-39-55-47-26-12-14-29-51(47)62-61(60(55)50-28-13-11-25-46(50)53)52-30-16-18-32-59(52)65(62)43-21-7-4-8-22-43/h3-39,64H,1-2H3. The van der Waals surface area contributed by atoms with Gasteiger partial charge in [-0.2, -0.15) is 0 Å². The zero-order valence-corrected chi connectivity index (χ0v) is 36.3. The first-order chi connectivity index (χ1) is 32.0. The van der Waals surface area contributed by atoms with Crippen molar-refractivity contribution in [2.75, 3.05) is 5.32 Å². The van der Waals surface area contributed by atoms with Gasteiger partial charge in [0, 0.05) is 49.6 Å². The van der Waals surface area contributed by atoms with E-state index < -0.39 is 0 Å². The van der Waals surface area contributed by atoms with Gasteiger partial charge in [-0.1, -0.05) is 190 Å². The van der Waals surface area contributed by atoms with Crippen molar-refractivity contribution in [1.82, 2.24) is 4.57 Å². The van der Waals surface area contributed by atoms with Crippen LogP contribution in [0.1, 0.15) is 25.0 Å². The second-order valence-electron chi connectivity index (χ2n) is 18.1. The van der Waals surface area contributed by atoms with Gasteiger partial charge in [-0.15, -0.1) is 0 Å². The van der Waals surface area contributed by atoms with Crippen LogP contribution in [0.25, 0.3) is 104 Å². The van der Waals surface area contributed by atoms with Crippen molar-refractivity contribution in [2.45, 2.75) is 19.3 Å². The predicted octanol–water partition coefficient (Wildman–Crippen LogP) is 17.3. The van der Waals surface area contributed by atoms with Gasteiger partial charge in [0.25, 0.3) is 0 Å². The maximum atomic E-state index is 3.96. The Labute approximate surface area is 378 Å².